The molecule has 1 heterocycles. The van der Waals surface area contributed by atoms with Gasteiger partial charge in [-0.2, -0.15) is 0 Å². The van der Waals surface area contributed by atoms with E-state index in [2.05, 4.69) is 16.0 Å². The smallest absolute Gasteiger partial charge is 0.191 e. The van der Waals surface area contributed by atoms with Gasteiger partial charge in [-0.15, -0.1) is 11.3 Å². The highest BCUT2D eigenvalue weighted by molar-refractivity contribution is 7.09. The van der Waals surface area contributed by atoms with Crippen LogP contribution in [0.5, 0.6) is 5.75 Å². The molecule has 0 bridgehead atoms. The van der Waals surface area contributed by atoms with Gasteiger partial charge in [0.05, 0.1) is 25.9 Å². The largest absolute Gasteiger partial charge is 0.497 e. The molecule has 0 unspecified atom stereocenters. The summed E-state index contributed by atoms with van der Waals surface area (Å²) in [4.78, 5) is 9.47. The van der Waals surface area contributed by atoms with Crippen molar-refractivity contribution in [3.05, 3.63) is 45.9 Å². The van der Waals surface area contributed by atoms with Crippen molar-refractivity contribution in [2.24, 2.45) is 4.99 Å². The minimum absolute atomic E-state index is 0.607. The van der Waals surface area contributed by atoms with Crippen LogP contribution in [0.4, 0.5) is 0 Å². The van der Waals surface area contributed by atoms with Crippen molar-refractivity contribution in [2.75, 3.05) is 26.9 Å². The van der Waals surface area contributed by atoms with Crippen LogP contribution in [-0.2, 0) is 17.8 Å². The van der Waals surface area contributed by atoms with Crippen LogP contribution in [0.3, 0.4) is 0 Å². The molecule has 0 saturated heterocycles. The molecule has 0 atom stereocenters. The molecule has 0 spiro atoms. The van der Waals surface area contributed by atoms with Crippen molar-refractivity contribution in [3.8, 4) is 5.75 Å². The second-order valence-corrected chi connectivity index (χ2v) is 7.73. The van der Waals surface area contributed by atoms with E-state index in [1.54, 1.807) is 18.4 Å². The van der Waals surface area contributed by atoms with Crippen LogP contribution in [0.15, 0.2) is 34.6 Å². The highest BCUT2D eigenvalue weighted by Crippen LogP contribution is 2.40. The second-order valence-electron chi connectivity index (χ2n) is 6.78. The number of aromatic nitrogens is 1. The third-order valence-corrected chi connectivity index (χ3v) is 5.38. The summed E-state index contributed by atoms with van der Waals surface area (Å²) in [7, 11) is 1.68. The fourth-order valence-electron chi connectivity index (χ4n) is 2.73. The summed E-state index contributed by atoms with van der Waals surface area (Å²) in [6.07, 6.45) is 3.51. The van der Waals surface area contributed by atoms with Crippen LogP contribution >= 0.6 is 11.3 Å². The molecule has 2 aromatic rings. The number of benzene rings is 1. The number of ether oxygens (including phenoxy) is 2. The minimum Gasteiger partial charge on any atom is -0.497 e. The van der Waals surface area contributed by atoms with Gasteiger partial charge in [-0.3, -0.25) is 0 Å². The average molecular weight is 403 g/mol. The molecule has 1 aromatic heterocycles. The van der Waals surface area contributed by atoms with Gasteiger partial charge < -0.3 is 20.1 Å². The van der Waals surface area contributed by atoms with Gasteiger partial charge in [0.25, 0.3) is 0 Å². The zero-order chi connectivity index (χ0) is 19.6. The third kappa shape index (κ3) is 6.80. The minimum atomic E-state index is 0.607. The number of nitrogens with zero attached hydrogens (tertiary/aromatic N) is 2. The Morgan fingerprint density at radius 3 is 2.79 bits per heavy atom. The zero-order valence-corrected chi connectivity index (χ0v) is 17.6. The predicted octanol–water partition coefficient (Wildman–Crippen LogP) is 3.69. The number of methoxy groups -OCH3 is 1. The molecule has 0 amide bonds. The Balaban J connectivity index is 1.54. The fourth-order valence-corrected chi connectivity index (χ4v) is 3.55. The summed E-state index contributed by atoms with van der Waals surface area (Å²) in [6.45, 7) is 5.64. The van der Waals surface area contributed by atoms with Gasteiger partial charge in [0, 0.05) is 31.1 Å². The quantitative estimate of drug-likeness (QED) is 0.341. The SMILES string of the molecule is CCOCCCNC(=NCc1ccc(OC)cc1)NCc1nc(C2CC2)cs1. The first-order valence-electron chi connectivity index (χ1n) is 9.95. The van der Waals surface area contributed by atoms with Crippen molar-refractivity contribution in [2.45, 2.75) is 45.2 Å². The van der Waals surface area contributed by atoms with Crippen molar-refractivity contribution < 1.29 is 9.47 Å². The standard InChI is InChI=1S/C21H30N4O2S/c1-3-27-12-4-11-22-21(23-13-16-5-9-18(26-2)10-6-16)24-14-20-25-19(15-28-20)17-7-8-17/h5-6,9-10,15,17H,3-4,7-8,11-14H2,1-2H3,(H2,22,23,24). The lowest BCUT2D eigenvalue weighted by molar-refractivity contribution is 0.145. The third-order valence-electron chi connectivity index (χ3n) is 4.51. The van der Waals surface area contributed by atoms with Gasteiger partial charge in [0.2, 0.25) is 0 Å². The van der Waals surface area contributed by atoms with Crippen molar-refractivity contribution in [1.29, 1.82) is 0 Å². The Morgan fingerprint density at radius 2 is 2.07 bits per heavy atom. The number of hydrogen-bond acceptors (Lipinski definition) is 5. The molecule has 1 saturated carbocycles. The van der Waals surface area contributed by atoms with Gasteiger partial charge in [0.15, 0.2) is 5.96 Å². The van der Waals surface area contributed by atoms with E-state index >= 15 is 0 Å². The normalized spacial score (nSPS) is 14.1. The lowest BCUT2D eigenvalue weighted by Crippen LogP contribution is -2.37. The van der Waals surface area contributed by atoms with E-state index in [4.69, 9.17) is 19.5 Å². The topological polar surface area (TPSA) is 67.8 Å². The van der Waals surface area contributed by atoms with E-state index < -0.39 is 0 Å². The maximum absolute atomic E-state index is 5.41. The van der Waals surface area contributed by atoms with E-state index in [0.717, 1.165) is 48.5 Å². The van der Waals surface area contributed by atoms with Crippen LogP contribution in [0.2, 0.25) is 0 Å². The van der Waals surface area contributed by atoms with Crippen LogP contribution in [-0.4, -0.2) is 37.8 Å². The van der Waals surface area contributed by atoms with Crippen LogP contribution in [0.25, 0.3) is 0 Å². The number of thiazole rings is 1. The zero-order valence-electron chi connectivity index (χ0n) is 16.7. The van der Waals surface area contributed by atoms with Crippen LogP contribution in [0.1, 0.15) is 48.4 Å². The highest BCUT2D eigenvalue weighted by Gasteiger charge is 2.25. The highest BCUT2D eigenvalue weighted by atomic mass is 32.1. The van der Waals surface area contributed by atoms with Crippen LogP contribution < -0.4 is 15.4 Å². The summed E-state index contributed by atoms with van der Waals surface area (Å²) >= 11 is 1.72. The Morgan fingerprint density at radius 1 is 1.25 bits per heavy atom. The molecule has 6 nitrogen and oxygen atoms in total. The molecule has 1 fully saturated rings. The first kappa shape index (κ1) is 20.6. The molecular weight excluding hydrogens is 372 g/mol. The van der Waals surface area contributed by atoms with Crippen molar-refractivity contribution in [3.63, 3.8) is 0 Å². The first-order chi connectivity index (χ1) is 13.8. The number of nitrogens with one attached hydrogen (secondary N) is 2. The molecule has 152 valence electrons. The van der Waals surface area contributed by atoms with E-state index in [1.807, 2.05) is 31.2 Å². The van der Waals surface area contributed by atoms with E-state index in [9.17, 15) is 0 Å². The summed E-state index contributed by atoms with van der Waals surface area (Å²) in [6, 6.07) is 8.00. The van der Waals surface area contributed by atoms with Gasteiger partial charge in [-0.25, -0.2) is 9.98 Å². The predicted molar refractivity (Wildman–Crippen MR) is 114 cm³/mol. The van der Waals surface area contributed by atoms with E-state index in [0.29, 0.717) is 19.0 Å². The molecule has 0 aliphatic heterocycles. The molecule has 3 rings (SSSR count). The summed E-state index contributed by atoms with van der Waals surface area (Å²) < 4.78 is 10.6. The summed E-state index contributed by atoms with van der Waals surface area (Å²) in [5, 5.41) is 10.1. The summed E-state index contributed by atoms with van der Waals surface area (Å²) in [5.74, 6) is 2.36. The lowest BCUT2D eigenvalue weighted by Gasteiger charge is -2.12. The molecule has 1 aliphatic rings. The van der Waals surface area contributed by atoms with Crippen molar-refractivity contribution >= 4 is 17.3 Å². The van der Waals surface area contributed by atoms with Gasteiger partial charge in [-0.05, 0) is 43.9 Å². The number of guanidine groups is 1. The number of rotatable bonds is 11. The van der Waals surface area contributed by atoms with E-state index in [1.165, 1.54) is 18.5 Å². The summed E-state index contributed by atoms with van der Waals surface area (Å²) in [5.41, 5.74) is 2.39. The van der Waals surface area contributed by atoms with Crippen molar-refractivity contribution in [1.82, 2.24) is 15.6 Å². The lowest BCUT2D eigenvalue weighted by atomic mass is 10.2. The molecule has 28 heavy (non-hydrogen) atoms. The Labute approximate surface area is 171 Å². The molecule has 1 aromatic carbocycles. The Bertz CT molecular complexity index is 741. The first-order valence-corrected chi connectivity index (χ1v) is 10.8. The Kier molecular flexibility index (Phi) is 8.11. The molecule has 1 aliphatic carbocycles. The second kappa shape index (κ2) is 11.0. The average Bonchev–Trinajstić information content (AvgIpc) is 3.48. The number of hydrogen-bond donors (Lipinski definition) is 2. The van der Waals surface area contributed by atoms with Crippen LogP contribution in [0, 0.1) is 0 Å². The fraction of sp³-hybridized carbons (Fsp3) is 0.524. The molecule has 7 heteroatoms. The van der Waals surface area contributed by atoms with Gasteiger partial charge in [0.1, 0.15) is 10.8 Å². The molecule has 0 radical (unpaired) electrons. The van der Waals surface area contributed by atoms with Gasteiger partial charge in [-0.1, -0.05) is 12.1 Å². The van der Waals surface area contributed by atoms with Gasteiger partial charge >= 0.3 is 0 Å². The monoisotopic (exact) mass is 402 g/mol. The van der Waals surface area contributed by atoms with E-state index in [-0.39, 0.29) is 0 Å². The molecule has 2 N–H and O–H groups in total. The number of aliphatic imine (C=N–C) groups is 1. The Hall–Kier alpha value is -2.12. The molecular formula is C21H30N4O2S. The maximum atomic E-state index is 5.41. The maximum Gasteiger partial charge on any atom is 0.191 e.